The molecule has 0 saturated carbocycles. The molecule has 11 heteroatoms. The van der Waals surface area contributed by atoms with E-state index in [-0.39, 0.29) is 34.7 Å². The smallest absolute Gasteiger partial charge is 0.339 e. The third kappa shape index (κ3) is 6.39. The summed E-state index contributed by atoms with van der Waals surface area (Å²) in [6, 6.07) is 9.53. The minimum atomic E-state index is -0.706. The Morgan fingerprint density at radius 1 is 1.04 bits per heavy atom. The number of amides is 1. The second-order valence-corrected chi connectivity index (χ2v) is 13.3. The monoisotopic (exact) mass is 661 g/mol. The lowest BCUT2D eigenvalue weighted by atomic mass is 9.84. The molecule has 47 heavy (non-hydrogen) atoms. The topological polar surface area (TPSA) is 127 Å². The van der Waals surface area contributed by atoms with Crippen LogP contribution in [0.4, 0.5) is 22.7 Å². The van der Waals surface area contributed by atoms with Crippen LogP contribution in [0.3, 0.4) is 0 Å². The number of methoxy groups -OCH3 is 2. The van der Waals surface area contributed by atoms with Gasteiger partial charge in [-0.15, -0.1) is 0 Å². The molecule has 1 atom stereocenters. The van der Waals surface area contributed by atoms with Gasteiger partial charge in [0.1, 0.15) is 28.6 Å². The van der Waals surface area contributed by atoms with E-state index in [0.29, 0.717) is 27.8 Å². The van der Waals surface area contributed by atoms with Crippen LogP contribution < -0.4 is 31.1 Å². The van der Waals surface area contributed by atoms with Gasteiger partial charge in [-0.1, -0.05) is 52.1 Å². The van der Waals surface area contributed by atoms with Crippen LogP contribution in [-0.2, 0) is 17.7 Å². The summed E-state index contributed by atoms with van der Waals surface area (Å²) in [6.07, 6.45) is 4.20. The van der Waals surface area contributed by atoms with Crippen molar-refractivity contribution in [3.05, 3.63) is 95.6 Å². The number of benzene rings is 2. The number of hydrogen-bond donors (Lipinski definition) is 2. The lowest BCUT2D eigenvalue weighted by molar-refractivity contribution is 0.0601. The molecule has 248 valence electrons. The fourth-order valence-corrected chi connectivity index (χ4v) is 6.19. The molecule has 10 nitrogen and oxygen atoms in total. The fourth-order valence-electron chi connectivity index (χ4n) is 5.97. The summed E-state index contributed by atoms with van der Waals surface area (Å²) in [6.45, 7) is 10.2. The van der Waals surface area contributed by atoms with Crippen molar-refractivity contribution in [3.63, 3.8) is 0 Å². The number of halogens is 1. The van der Waals surface area contributed by atoms with Crippen molar-refractivity contribution in [1.82, 2.24) is 0 Å². The van der Waals surface area contributed by atoms with Gasteiger partial charge in [0.05, 0.1) is 49.3 Å². The first-order chi connectivity index (χ1) is 22.3. The van der Waals surface area contributed by atoms with E-state index >= 15 is 0 Å². The number of carbonyl (C=O) groups is 2. The van der Waals surface area contributed by atoms with E-state index < -0.39 is 34.2 Å². The zero-order valence-electron chi connectivity index (χ0n) is 27.8. The Labute approximate surface area is 278 Å². The van der Waals surface area contributed by atoms with E-state index in [1.54, 1.807) is 24.3 Å². The number of nitrogens with one attached hydrogen (secondary N) is 2. The highest BCUT2D eigenvalue weighted by molar-refractivity contribution is 6.33. The van der Waals surface area contributed by atoms with E-state index in [4.69, 9.17) is 25.5 Å². The molecule has 2 heterocycles. The first-order valence-corrected chi connectivity index (χ1v) is 16.0. The number of carbonyl (C=O) groups excluding carboxylic acids is 2. The standard InChI is InChI=1S/C36H40ClN3O7/c1-8-9-10-11-20-16-27(47-19(20)2)33(36(3,4)5)39-30-29(31(41)32(30)42)38-25-15-14-24(37)23-18-40(34(43)28(23)25)26-17-21(45-6)12-13-22(26)35(44)46-7/h12-17,33,38-39H,8-11,18H2,1-7H3/t33-/m0/s1. The summed E-state index contributed by atoms with van der Waals surface area (Å²) in [5.41, 5.74) is 1.00. The molecular formula is C36H40ClN3O7. The molecule has 2 N–H and O–H groups in total. The van der Waals surface area contributed by atoms with Crippen LogP contribution in [0, 0.1) is 12.3 Å². The van der Waals surface area contributed by atoms with Crippen molar-refractivity contribution >= 4 is 46.2 Å². The van der Waals surface area contributed by atoms with E-state index in [0.717, 1.165) is 37.0 Å². The number of rotatable bonds is 12. The molecule has 1 aliphatic heterocycles. The van der Waals surface area contributed by atoms with Crippen LogP contribution in [0.25, 0.3) is 0 Å². The minimum Gasteiger partial charge on any atom is -0.497 e. The van der Waals surface area contributed by atoms with Crippen molar-refractivity contribution in [3.8, 4) is 5.75 Å². The van der Waals surface area contributed by atoms with Gasteiger partial charge in [0, 0.05) is 16.7 Å². The van der Waals surface area contributed by atoms with Gasteiger partial charge in [0.25, 0.3) is 16.8 Å². The van der Waals surface area contributed by atoms with E-state index in [1.807, 2.05) is 33.8 Å². The summed E-state index contributed by atoms with van der Waals surface area (Å²) < 4.78 is 16.5. The van der Waals surface area contributed by atoms with Gasteiger partial charge in [-0.25, -0.2) is 4.79 Å². The van der Waals surface area contributed by atoms with Crippen LogP contribution in [0.2, 0.25) is 5.02 Å². The zero-order chi connectivity index (χ0) is 34.2. The third-order valence-electron chi connectivity index (χ3n) is 8.63. The molecule has 0 radical (unpaired) electrons. The number of fused-ring (bicyclic) bond motifs is 1. The summed E-state index contributed by atoms with van der Waals surface area (Å²) in [5, 5.41) is 6.70. The van der Waals surface area contributed by atoms with E-state index in [9.17, 15) is 19.2 Å². The van der Waals surface area contributed by atoms with Crippen LogP contribution in [0.5, 0.6) is 5.75 Å². The fraction of sp³-hybridized carbons (Fsp3) is 0.389. The Bertz CT molecular complexity index is 1910. The normalized spacial score (nSPS) is 13.5. The third-order valence-corrected chi connectivity index (χ3v) is 8.98. The Morgan fingerprint density at radius 2 is 1.77 bits per heavy atom. The largest absolute Gasteiger partial charge is 0.497 e. The molecule has 4 aromatic rings. The van der Waals surface area contributed by atoms with Crippen LogP contribution in [-0.4, -0.2) is 26.1 Å². The molecule has 3 aromatic carbocycles. The van der Waals surface area contributed by atoms with Gasteiger partial charge < -0.3 is 29.4 Å². The number of furan rings is 1. The number of aryl methyl sites for hydroxylation is 2. The number of ether oxygens (including phenoxy) is 2. The number of unbranched alkanes of at least 4 members (excludes halogenated alkanes) is 2. The molecule has 1 aliphatic rings. The van der Waals surface area contributed by atoms with Gasteiger partial charge in [0.2, 0.25) is 0 Å². The lowest BCUT2D eigenvalue weighted by Gasteiger charge is -2.31. The molecule has 0 bridgehead atoms. The minimum absolute atomic E-state index is 0.0445. The molecule has 1 amide bonds. The highest BCUT2D eigenvalue weighted by Crippen LogP contribution is 2.42. The number of nitrogens with zero attached hydrogens (tertiary/aromatic N) is 1. The molecule has 0 saturated heterocycles. The maximum Gasteiger partial charge on any atom is 0.339 e. The van der Waals surface area contributed by atoms with Crippen molar-refractivity contribution in [1.29, 1.82) is 0 Å². The Kier molecular flexibility index (Phi) is 9.54. The van der Waals surface area contributed by atoms with E-state index in [1.165, 1.54) is 25.2 Å². The maximum atomic E-state index is 14.0. The molecule has 0 aliphatic carbocycles. The Hall–Kier alpha value is -4.57. The predicted molar refractivity (Wildman–Crippen MR) is 183 cm³/mol. The first-order valence-electron chi connectivity index (χ1n) is 15.7. The van der Waals surface area contributed by atoms with Crippen LogP contribution in [0.1, 0.15) is 96.4 Å². The van der Waals surface area contributed by atoms with Crippen LogP contribution >= 0.6 is 11.6 Å². The molecule has 0 unspecified atom stereocenters. The SMILES string of the molecule is CCCCCc1cc([C@H](Nc2c(Nc3ccc(Cl)c4c3C(=O)N(c3cc(OC)ccc3C(=O)OC)C4)c(=O)c2=O)C(C)(C)C)oc1C. The molecule has 5 rings (SSSR count). The lowest BCUT2D eigenvalue weighted by Crippen LogP contribution is -2.39. The van der Waals surface area contributed by atoms with Gasteiger partial charge >= 0.3 is 5.97 Å². The highest BCUT2D eigenvalue weighted by atomic mass is 35.5. The second kappa shape index (κ2) is 13.3. The summed E-state index contributed by atoms with van der Waals surface area (Å²) in [7, 11) is 2.74. The summed E-state index contributed by atoms with van der Waals surface area (Å²) in [5.74, 6) is 0.878. The van der Waals surface area contributed by atoms with Crippen molar-refractivity contribution in [2.75, 3.05) is 29.8 Å². The van der Waals surface area contributed by atoms with Gasteiger partial charge in [0.15, 0.2) is 0 Å². The quantitative estimate of drug-likeness (QED) is 0.0903. The number of esters is 1. The predicted octanol–water partition coefficient (Wildman–Crippen LogP) is 7.47. The maximum absolute atomic E-state index is 14.0. The van der Waals surface area contributed by atoms with Gasteiger partial charge in [-0.05, 0) is 61.1 Å². The average Bonchev–Trinajstić information content (AvgIpc) is 3.59. The highest BCUT2D eigenvalue weighted by Gasteiger charge is 2.37. The molecule has 0 spiro atoms. The Balaban J connectivity index is 1.48. The second-order valence-electron chi connectivity index (χ2n) is 12.9. The van der Waals surface area contributed by atoms with E-state index in [2.05, 4.69) is 17.6 Å². The number of anilines is 4. The van der Waals surface area contributed by atoms with Crippen LogP contribution in [0.15, 0.2) is 50.4 Å². The summed E-state index contributed by atoms with van der Waals surface area (Å²) in [4.78, 5) is 54.0. The van der Waals surface area contributed by atoms with Crippen molar-refractivity contribution in [2.45, 2.75) is 72.9 Å². The van der Waals surface area contributed by atoms with Gasteiger partial charge in [-0.2, -0.15) is 0 Å². The number of hydrogen-bond acceptors (Lipinski definition) is 9. The van der Waals surface area contributed by atoms with Gasteiger partial charge in [-0.3, -0.25) is 14.4 Å². The molecule has 0 fully saturated rings. The molecular weight excluding hydrogens is 622 g/mol. The first kappa shape index (κ1) is 33.8. The average molecular weight is 662 g/mol. The zero-order valence-corrected chi connectivity index (χ0v) is 28.5. The van der Waals surface area contributed by atoms with Crippen molar-refractivity contribution < 1.29 is 23.5 Å². The Morgan fingerprint density at radius 3 is 2.43 bits per heavy atom. The summed E-state index contributed by atoms with van der Waals surface area (Å²) >= 11 is 6.58. The molecule has 1 aromatic heterocycles. The van der Waals surface area contributed by atoms with Crippen molar-refractivity contribution in [2.24, 2.45) is 5.41 Å².